The Balaban J connectivity index is 2.85. The van der Waals surface area contributed by atoms with Gasteiger partial charge in [0.2, 0.25) is 0 Å². The highest BCUT2D eigenvalue weighted by Gasteiger charge is 2.19. The summed E-state index contributed by atoms with van der Waals surface area (Å²) in [6, 6.07) is 4.12. The predicted octanol–water partition coefficient (Wildman–Crippen LogP) is 2.06. The molecular weight excluding hydrogens is 275 g/mol. The van der Waals surface area contributed by atoms with Gasteiger partial charge in [0.25, 0.3) is 5.91 Å². The van der Waals surface area contributed by atoms with Gasteiger partial charge < -0.3 is 11.1 Å². The zero-order chi connectivity index (χ0) is 12.3. The van der Waals surface area contributed by atoms with Crippen LogP contribution in [0.3, 0.4) is 0 Å². The minimum Gasteiger partial charge on any atom is -0.346 e. The Bertz CT molecular complexity index is 407. The number of nitrogens with two attached hydrogens (primary N) is 1. The van der Waals surface area contributed by atoms with Crippen LogP contribution in [0, 0.1) is 5.82 Å². The number of rotatable bonds is 3. The van der Waals surface area contributed by atoms with Gasteiger partial charge in [0.1, 0.15) is 5.82 Å². The molecule has 3 nitrogen and oxygen atoms in total. The van der Waals surface area contributed by atoms with Gasteiger partial charge in [0.05, 0.1) is 4.47 Å². The van der Waals surface area contributed by atoms with Crippen LogP contribution in [0.2, 0.25) is 0 Å². The summed E-state index contributed by atoms with van der Waals surface area (Å²) in [5.74, 6) is -0.661. The van der Waals surface area contributed by atoms with Gasteiger partial charge in [-0.25, -0.2) is 4.39 Å². The van der Waals surface area contributed by atoms with Gasteiger partial charge in [-0.05, 0) is 48.0 Å². The standard InChI is InChI=1S/C11H14BrFN2O/c1-11(2,6-14)15-10(16)7-3-4-9(13)8(12)5-7/h3-5H,6,14H2,1-2H3,(H,15,16). The van der Waals surface area contributed by atoms with E-state index in [-0.39, 0.29) is 10.4 Å². The van der Waals surface area contributed by atoms with Gasteiger partial charge in [0, 0.05) is 17.6 Å². The first-order valence-corrected chi connectivity index (χ1v) is 5.62. The second-order valence-electron chi connectivity index (χ2n) is 4.17. The molecule has 5 heteroatoms. The molecule has 16 heavy (non-hydrogen) atoms. The highest BCUT2D eigenvalue weighted by Crippen LogP contribution is 2.17. The van der Waals surface area contributed by atoms with E-state index in [9.17, 15) is 9.18 Å². The minimum absolute atomic E-state index is 0.267. The zero-order valence-electron chi connectivity index (χ0n) is 9.18. The third-order valence-corrected chi connectivity index (χ3v) is 2.75. The van der Waals surface area contributed by atoms with Gasteiger partial charge in [0.15, 0.2) is 0 Å². The van der Waals surface area contributed by atoms with Gasteiger partial charge in [-0.2, -0.15) is 0 Å². The van der Waals surface area contributed by atoms with Crippen molar-refractivity contribution in [3.63, 3.8) is 0 Å². The average Bonchev–Trinajstić information content (AvgIpc) is 2.21. The molecule has 0 aromatic heterocycles. The highest BCUT2D eigenvalue weighted by molar-refractivity contribution is 9.10. The van der Waals surface area contributed by atoms with Crippen molar-refractivity contribution < 1.29 is 9.18 Å². The molecule has 3 N–H and O–H groups in total. The molecule has 0 heterocycles. The fourth-order valence-corrected chi connectivity index (χ4v) is 1.45. The van der Waals surface area contributed by atoms with Crippen LogP contribution in [0.15, 0.2) is 22.7 Å². The Morgan fingerprint density at radius 2 is 2.19 bits per heavy atom. The normalized spacial score (nSPS) is 11.3. The van der Waals surface area contributed by atoms with Crippen LogP contribution >= 0.6 is 15.9 Å². The topological polar surface area (TPSA) is 55.1 Å². The summed E-state index contributed by atoms with van der Waals surface area (Å²) in [5, 5.41) is 2.76. The Morgan fingerprint density at radius 1 is 1.56 bits per heavy atom. The molecule has 0 aliphatic carbocycles. The molecule has 0 saturated carbocycles. The van der Waals surface area contributed by atoms with E-state index >= 15 is 0 Å². The lowest BCUT2D eigenvalue weighted by atomic mass is 10.1. The molecule has 0 fully saturated rings. The number of nitrogens with one attached hydrogen (secondary N) is 1. The van der Waals surface area contributed by atoms with E-state index < -0.39 is 11.4 Å². The summed E-state index contributed by atoms with van der Waals surface area (Å²) in [4.78, 5) is 11.8. The van der Waals surface area contributed by atoms with Gasteiger partial charge in [-0.1, -0.05) is 0 Å². The van der Waals surface area contributed by atoms with Crippen LogP contribution in [0.4, 0.5) is 4.39 Å². The summed E-state index contributed by atoms with van der Waals surface area (Å²) in [7, 11) is 0. The molecule has 1 rings (SSSR count). The smallest absolute Gasteiger partial charge is 0.251 e. The Labute approximate surface area is 102 Å². The van der Waals surface area contributed by atoms with E-state index in [0.717, 1.165) is 0 Å². The first-order valence-electron chi connectivity index (χ1n) is 4.83. The van der Waals surface area contributed by atoms with Crippen LogP contribution < -0.4 is 11.1 Å². The highest BCUT2D eigenvalue weighted by atomic mass is 79.9. The molecule has 0 atom stereocenters. The molecule has 0 bridgehead atoms. The van der Waals surface area contributed by atoms with Gasteiger partial charge in [-0.3, -0.25) is 4.79 Å². The second-order valence-corrected chi connectivity index (χ2v) is 5.03. The van der Waals surface area contributed by atoms with E-state index in [1.165, 1.54) is 18.2 Å². The van der Waals surface area contributed by atoms with E-state index in [1.54, 1.807) is 0 Å². The molecule has 0 aliphatic heterocycles. The monoisotopic (exact) mass is 288 g/mol. The van der Waals surface area contributed by atoms with Crippen molar-refractivity contribution in [3.8, 4) is 0 Å². The molecule has 0 radical (unpaired) electrons. The SMILES string of the molecule is CC(C)(CN)NC(=O)c1ccc(F)c(Br)c1. The Hall–Kier alpha value is -0.940. The lowest BCUT2D eigenvalue weighted by Gasteiger charge is -2.24. The van der Waals surface area contributed by atoms with Gasteiger partial charge in [-0.15, -0.1) is 0 Å². The molecule has 1 aromatic rings. The van der Waals surface area contributed by atoms with Crippen LogP contribution in [0.25, 0.3) is 0 Å². The first kappa shape index (κ1) is 13.1. The Morgan fingerprint density at radius 3 is 2.69 bits per heavy atom. The molecule has 1 amide bonds. The van der Waals surface area contributed by atoms with E-state index in [0.29, 0.717) is 12.1 Å². The van der Waals surface area contributed by atoms with Crippen molar-refractivity contribution >= 4 is 21.8 Å². The second kappa shape index (κ2) is 4.93. The molecule has 1 aromatic carbocycles. The summed E-state index contributed by atoms with van der Waals surface area (Å²) < 4.78 is 13.2. The maximum atomic E-state index is 13.0. The fourth-order valence-electron chi connectivity index (χ4n) is 1.07. The minimum atomic E-state index is -0.474. The molecular formula is C11H14BrFN2O. The van der Waals surface area contributed by atoms with Crippen molar-refractivity contribution in [1.82, 2.24) is 5.32 Å². The number of carbonyl (C=O) groups is 1. The maximum absolute atomic E-state index is 13.0. The summed E-state index contributed by atoms with van der Waals surface area (Å²) in [5.41, 5.74) is 5.43. The van der Waals surface area contributed by atoms with Crippen molar-refractivity contribution in [2.45, 2.75) is 19.4 Å². The number of hydrogen-bond acceptors (Lipinski definition) is 2. The number of halogens is 2. The zero-order valence-corrected chi connectivity index (χ0v) is 10.8. The lowest BCUT2D eigenvalue weighted by molar-refractivity contribution is 0.0915. The van der Waals surface area contributed by atoms with Crippen molar-refractivity contribution in [2.75, 3.05) is 6.54 Å². The van der Waals surface area contributed by atoms with Crippen molar-refractivity contribution in [2.24, 2.45) is 5.73 Å². The largest absolute Gasteiger partial charge is 0.346 e. The average molecular weight is 289 g/mol. The summed E-state index contributed by atoms with van der Waals surface area (Å²) >= 11 is 3.03. The lowest BCUT2D eigenvalue weighted by Crippen LogP contribution is -2.48. The number of amides is 1. The third kappa shape index (κ3) is 3.28. The fraction of sp³-hybridized carbons (Fsp3) is 0.364. The predicted molar refractivity (Wildman–Crippen MR) is 64.7 cm³/mol. The van der Waals surface area contributed by atoms with E-state index in [4.69, 9.17) is 5.73 Å². The Kier molecular flexibility index (Phi) is 4.04. The molecule has 0 spiro atoms. The summed E-state index contributed by atoms with van der Waals surface area (Å²) in [6.45, 7) is 3.98. The maximum Gasteiger partial charge on any atom is 0.251 e. The number of benzene rings is 1. The van der Waals surface area contributed by atoms with Crippen LogP contribution in [0.5, 0.6) is 0 Å². The van der Waals surface area contributed by atoms with Crippen LogP contribution in [0.1, 0.15) is 24.2 Å². The van der Waals surface area contributed by atoms with Crippen molar-refractivity contribution in [3.05, 3.63) is 34.1 Å². The van der Waals surface area contributed by atoms with Crippen LogP contribution in [-0.2, 0) is 0 Å². The molecule has 0 saturated heterocycles. The molecule has 0 unspecified atom stereocenters. The van der Waals surface area contributed by atoms with Crippen molar-refractivity contribution in [1.29, 1.82) is 0 Å². The van der Waals surface area contributed by atoms with Crippen LogP contribution in [-0.4, -0.2) is 18.0 Å². The van der Waals surface area contributed by atoms with E-state index in [2.05, 4.69) is 21.2 Å². The molecule has 0 aliphatic rings. The molecule has 88 valence electrons. The summed E-state index contributed by atoms with van der Waals surface area (Å²) in [6.07, 6.45) is 0. The number of carbonyl (C=O) groups excluding carboxylic acids is 1. The third-order valence-electron chi connectivity index (χ3n) is 2.14. The number of hydrogen-bond donors (Lipinski definition) is 2. The quantitative estimate of drug-likeness (QED) is 0.895. The van der Waals surface area contributed by atoms with Gasteiger partial charge >= 0.3 is 0 Å². The first-order chi connectivity index (χ1) is 7.35. The van der Waals surface area contributed by atoms with E-state index in [1.807, 2.05) is 13.8 Å².